The molecule has 2 heterocycles. The van der Waals surface area contributed by atoms with Crippen molar-refractivity contribution >= 4 is 35.6 Å². The van der Waals surface area contributed by atoms with Crippen LogP contribution >= 0.6 is 0 Å². The number of nitrogens with one attached hydrogen (secondary N) is 1. The lowest BCUT2D eigenvalue weighted by Crippen LogP contribution is -2.54. The van der Waals surface area contributed by atoms with E-state index in [0.717, 1.165) is 16.0 Å². The quantitative estimate of drug-likeness (QED) is 0.377. The highest BCUT2D eigenvalue weighted by atomic mass is 16.5. The van der Waals surface area contributed by atoms with Crippen LogP contribution < -0.4 is 19.7 Å². The molecule has 0 bridgehead atoms. The van der Waals surface area contributed by atoms with Crippen molar-refractivity contribution in [1.82, 2.24) is 5.32 Å². The van der Waals surface area contributed by atoms with Crippen molar-refractivity contribution < 1.29 is 38.2 Å². The summed E-state index contributed by atoms with van der Waals surface area (Å²) in [6.45, 7) is 3.61. The third-order valence-corrected chi connectivity index (χ3v) is 5.66. The maximum Gasteiger partial charge on any atom is 0.371 e. The Hall–Kier alpha value is -4.86. The van der Waals surface area contributed by atoms with Gasteiger partial charge in [-0.3, -0.25) is 14.9 Å². The number of furan rings is 1. The second kappa shape index (κ2) is 9.79. The summed E-state index contributed by atoms with van der Waals surface area (Å²) in [4.78, 5) is 50.2. The molecule has 0 aliphatic carbocycles. The minimum Gasteiger partial charge on any atom is -0.493 e. The number of methoxy groups -OCH3 is 1. The van der Waals surface area contributed by atoms with Crippen LogP contribution in [-0.4, -0.2) is 36.0 Å². The van der Waals surface area contributed by atoms with Crippen LogP contribution in [0.3, 0.4) is 0 Å². The first-order valence-electron chi connectivity index (χ1n) is 10.8. The van der Waals surface area contributed by atoms with Gasteiger partial charge in [0.25, 0.3) is 11.8 Å². The van der Waals surface area contributed by atoms with Gasteiger partial charge in [0.2, 0.25) is 5.76 Å². The number of rotatable bonds is 7. The molecule has 0 saturated carbocycles. The average molecular weight is 490 g/mol. The molecule has 4 rings (SSSR count). The summed E-state index contributed by atoms with van der Waals surface area (Å²) >= 11 is 0. The van der Waals surface area contributed by atoms with Gasteiger partial charge in [0.1, 0.15) is 17.9 Å². The van der Waals surface area contributed by atoms with Crippen molar-refractivity contribution in [1.29, 1.82) is 0 Å². The second-order valence-electron chi connectivity index (χ2n) is 7.95. The van der Waals surface area contributed by atoms with Crippen LogP contribution in [0.4, 0.5) is 10.5 Å². The van der Waals surface area contributed by atoms with E-state index in [4.69, 9.17) is 19.0 Å². The fraction of sp³-hybridized carbons (Fsp3) is 0.154. The van der Waals surface area contributed by atoms with Crippen molar-refractivity contribution in [2.45, 2.75) is 20.5 Å². The molecule has 0 spiro atoms. The zero-order valence-electron chi connectivity index (χ0n) is 19.7. The summed E-state index contributed by atoms with van der Waals surface area (Å²) in [6, 6.07) is 12.0. The number of anilines is 1. The number of carbonyl (C=O) groups excluding carboxylic acids is 3. The third-order valence-electron chi connectivity index (χ3n) is 5.66. The highest BCUT2D eigenvalue weighted by Gasteiger charge is 2.37. The minimum absolute atomic E-state index is 0.0438. The van der Waals surface area contributed by atoms with Crippen LogP contribution in [0.2, 0.25) is 0 Å². The summed E-state index contributed by atoms with van der Waals surface area (Å²) < 4.78 is 16.2. The van der Waals surface area contributed by atoms with Gasteiger partial charge in [-0.2, -0.15) is 0 Å². The molecule has 184 valence electrons. The Morgan fingerprint density at radius 3 is 2.56 bits per heavy atom. The zero-order valence-corrected chi connectivity index (χ0v) is 19.7. The molecule has 10 heteroatoms. The highest BCUT2D eigenvalue weighted by Crippen LogP contribution is 2.31. The molecule has 4 amide bonds. The van der Waals surface area contributed by atoms with Gasteiger partial charge in [-0.15, -0.1) is 0 Å². The van der Waals surface area contributed by atoms with Crippen molar-refractivity contribution in [2.75, 3.05) is 12.0 Å². The van der Waals surface area contributed by atoms with Gasteiger partial charge in [-0.1, -0.05) is 18.2 Å². The number of carbonyl (C=O) groups is 4. The van der Waals surface area contributed by atoms with Crippen molar-refractivity contribution in [3.63, 3.8) is 0 Å². The molecular weight excluding hydrogens is 468 g/mol. The second-order valence-corrected chi connectivity index (χ2v) is 7.95. The Bertz CT molecular complexity index is 1420. The van der Waals surface area contributed by atoms with E-state index in [2.05, 4.69) is 5.32 Å². The van der Waals surface area contributed by atoms with E-state index in [1.807, 2.05) is 13.0 Å². The number of hydrogen-bond donors (Lipinski definition) is 2. The van der Waals surface area contributed by atoms with Gasteiger partial charge >= 0.3 is 12.0 Å². The number of imide groups is 2. The van der Waals surface area contributed by atoms with Crippen molar-refractivity contribution in [3.8, 4) is 11.5 Å². The summed E-state index contributed by atoms with van der Waals surface area (Å²) in [7, 11) is 1.42. The molecule has 0 radical (unpaired) electrons. The van der Waals surface area contributed by atoms with Gasteiger partial charge in [0, 0.05) is 0 Å². The SMILES string of the molecule is COc1cc(/C=C2\C(=O)NC(=O)N(c3cccc(C)c3C)C2=O)ccc1OCc1ccc(C(=O)O)o1. The smallest absolute Gasteiger partial charge is 0.371 e. The normalized spacial score (nSPS) is 14.7. The van der Waals surface area contributed by atoms with E-state index in [9.17, 15) is 19.2 Å². The molecule has 1 aliphatic rings. The fourth-order valence-corrected chi connectivity index (χ4v) is 3.63. The molecule has 1 aromatic heterocycles. The lowest BCUT2D eigenvalue weighted by molar-refractivity contribution is -0.122. The number of carboxylic acids is 1. The van der Waals surface area contributed by atoms with Gasteiger partial charge < -0.3 is 19.0 Å². The van der Waals surface area contributed by atoms with E-state index < -0.39 is 23.8 Å². The van der Waals surface area contributed by atoms with E-state index in [-0.39, 0.29) is 17.9 Å². The van der Waals surface area contributed by atoms with E-state index in [1.165, 1.54) is 25.3 Å². The monoisotopic (exact) mass is 490 g/mol. The molecule has 3 aromatic rings. The number of amides is 4. The minimum atomic E-state index is -1.18. The van der Waals surface area contributed by atoms with Crippen LogP contribution in [0.1, 0.15) is 33.0 Å². The number of hydrogen-bond acceptors (Lipinski definition) is 7. The topological polar surface area (TPSA) is 135 Å². The number of aryl methyl sites for hydroxylation is 1. The summed E-state index contributed by atoms with van der Waals surface area (Å²) in [5.74, 6) is -2.00. The number of aromatic carboxylic acids is 1. The van der Waals surface area contributed by atoms with E-state index >= 15 is 0 Å². The number of ether oxygens (including phenoxy) is 2. The number of urea groups is 1. The van der Waals surface area contributed by atoms with Crippen molar-refractivity contribution in [2.24, 2.45) is 0 Å². The van der Waals surface area contributed by atoms with E-state index in [0.29, 0.717) is 28.5 Å². The molecule has 0 atom stereocenters. The lowest BCUT2D eigenvalue weighted by atomic mass is 10.0. The molecule has 2 aromatic carbocycles. The first-order valence-corrected chi connectivity index (χ1v) is 10.8. The first kappa shape index (κ1) is 24.3. The maximum absolute atomic E-state index is 13.2. The van der Waals surface area contributed by atoms with Gasteiger partial charge in [-0.25, -0.2) is 14.5 Å². The highest BCUT2D eigenvalue weighted by molar-refractivity contribution is 6.39. The fourth-order valence-electron chi connectivity index (χ4n) is 3.63. The van der Waals surface area contributed by atoms with Crippen LogP contribution in [0.5, 0.6) is 11.5 Å². The van der Waals surface area contributed by atoms with E-state index in [1.54, 1.807) is 37.3 Å². The van der Waals surface area contributed by atoms with Crippen LogP contribution in [0.25, 0.3) is 6.08 Å². The van der Waals surface area contributed by atoms with Crippen LogP contribution in [-0.2, 0) is 16.2 Å². The largest absolute Gasteiger partial charge is 0.493 e. The summed E-state index contributed by atoms with van der Waals surface area (Å²) in [6.07, 6.45) is 1.36. The molecule has 1 aliphatic heterocycles. The number of benzene rings is 2. The third kappa shape index (κ3) is 4.69. The first-order chi connectivity index (χ1) is 17.2. The van der Waals surface area contributed by atoms with Crippen molar-refractivity contribution in [3.05, 3.63) is 82.3 Å². The average Bonchev–Trinajstić information content (AvgIpc) is 3.33. The molecular formula is C26H22N2O8. The standard InChI is InChI=1S/C26H22N2O8/c1-14-5-4-6-19(15(14)2)28-24(30)18(23(29)27-26(28)33)11-16-7-9-20(22(12-16)34-3)35-13-17-8-10-21(36-17)25(31)32/h4-12H,13H2,1-3H3,(H,31,32)(H,27,29,33)/b18-11+. The number of barbiturate groups is 1. The Morgan fingerprint density at radius 1 is 1.08 bits per heavy atom. The lowest BCUT2D eigenvalue weighted by Gasteiger charge is -2.28. The predicted octanol–water partition coefficient (Wildman–Crippen LogP) is 3.85. The van der Waals surface area contributed by atoms with Gasteiger partial charge in [0.05, 0.1) is 12.8 Å². The van der Waals surface area contributed by atoms with Gasteiger partial charge in [0.15, 0.2) is 11.5 Å². The number of nitrogens with zero attached hydrogens (tertiary/aromatic N) is 1. The summed E-state index contributed by atoms with van der Waals surface area (Å²) in [5, 5.41) is 11.2. The van der Waals surface area contributed by atoms with Crippen LogP contribution in [0.15, 0.2) is 58.5 Å². The molecule has 10 nitrogen and oxygen atoms in total. The summed E-state index contributed by atoms with van der Waals surface area (Å²) in [5.41, 5.74) is 2.26. The molecule has 1 saturated heterocycles. The Labute approximate surface area is 205 Å². The maximum atomic E-state index is 13.2. The number of carboxylic acid groups (broad SMARTS) is 1. The molecule has 0 unspecified atom stereocenters. The van der Waals surface area contributed by atoms with Crippen LogP contribution in [0, 0.1) is 13.8 Å². The molecule has 36 heavy (non-hydrogen) atoms. The Balaban J connectivity index is 1.59. The Kier molecular flexibility index (Phi) is 6.60. The predicted molar refractivity (Wildman–Crippen MR) is 128 cm³/mol. The Morgan fingerprint density at radius 2 is 1.86 bits per heavy atom. The van der Waals surface area contributed by atoms with Gasteiger partial charge in [-0.05, 0) is 66.9 Å². The molecule has 2 N–H and O–H groups in total. The zero-order chi connectivity index (χ0) is 26.0. The molecule has 1 fully saturated rings.